The molecule has 0 aliphatic carbocycles. The summed E-state index contributed by atoms with van der Waals surface area (Å²) in [6, 6.07) is 11.5. The molecular formula is C15H16N4O2. The van der Waals surface area contributed by atoms with E-state index in [1.807, 2.05) is 36.4 Å². The van der Waals surface area contributed by atoms with Gasteiger partial charge in [-0.15, -0.1) is 0 Å². The summed E-state index contributed by atoms with van der Waals surface area (Å²) in [6.07, 6.45) is 0.895. The highest BCUT2D eigenvalue weighted by atomic mass is 16.2. The summed E-state index contributed by atoms with van der Waals surface area (Å²) in [7, 11) is 0. The zero-order valence-corrected chi connectivity index (χ0v) is 11.6. The molecule has 108 valence electrons. The molecular weight excluding hydrogens is 268 g/mol. The molecule has 0 aromatic heterocycles. The molecule has 6 heteroatoms. The molecule has 2 amide bonds. The van der Waals surface area contributed by atoms with Crippen LogP contribution in [0.25, 0.3) is 0 Å². The van der Waals surface area contributed by atoms with Gasteiger partial charge < -0.3 is 5.32 Å². The lowest BCUT2D eigenvalue weighted by atomic mass is 10.1. The van der Waals surface area contributed by atoms with Gasteiger partial charge in [-0.2, -0.15) is 10.4 Å². The van der Waals surface area contributed by atoms with Crippen molar-refractivity contribution in [1.29, 1.82) is 5.26 Å². The van der Waals surface area contributed by atoms with Crippen molar-refractivity contribution >= 4 is 17.5 Å². The van der Waals surface area contributed by atoms with E-state index in [0.29, 0.717) is 6.54 Å². The van der Waals surface area contributed by atoms with E-state index in [1.54, 1.807) is 0 Å². The van der Waals surface area contributed by atoms with Crippen LogP contribution in [0.2, 0.25) is 0 Å². The van der Waals surface area contributed by atoms with Gasteiger partial charge in [0, 0.05) is 19.3 Å². The van der Waals surface area contributed by atoms with E-state index in [0.717, 1.165) is 17.7 Å². The molecule has 1 N–H and O–H groups in total. The molecule has 0 fully saturated rings. The number of amides is 2. The van der Waals surface area contributed by atoms with Crippen LogP contribution >= 0.6 is 0 Å². The number of rotatable bonds is 5. The van der Waals surface area contributed by atoms with Crippen LogP contribution < -0.4 is 5.32 Å². The fourth-order valence-corrected chi connectivity index (χ4v) is 2.05. The van der Waals surface area contributed by atoms with Crippen LogP contribution in [0.5, 0.6) is 0 Å². The van der Waals surface area contributed by atoms with Crippen LogP contribution in [0.15, 0.2) is 35.4 Å². The van der Waals surface area contributed by atoms with Crippen molar-refractivity contribution in [3.05, 3.63) is 35.9 Å². The van der Waals surface area contributed by atoms with E-state index in [1.165, 1.54) is 5.01 Å². The van der Waals surface area contributed by atoms with Crippen LogP contribution in [0, 0.1) is 11.3 Å². The summed E-state index contributed by atoms with van der Waals surface area (Å²) in [5.41, 5.74) is 1.90. The van der Waals surface area contributed by atoms with Crippen LogP contribution in [-0.2, 0) is 9.59 Å². The maximum atomic E-state index is 12.0. The summed E-state index contributed by atoms with van der Waals surface area (Å²) in [4.78, 5) is 23.3. The monoisotopic (exact) mass is 284 g/mol. The second kappa shape index (κ2) is 7.20. The second-order valence-electron chi connectivity index (χ2n) is 4.61. The molecule has 0 saturated heterocycles. The predicted molar refractivity (Wildman–Crippen MR) is 77.2 cm³/mol. The van der Waals surface area contributed by atoms with E-state index >= 15 is 0 Å². The number of nitrogens with zero attached hydrogens (tertiary/aromatic N) is 3. The Morgan fingerprint density at radius 3 is 2.76 bits per heavy atom. The molecule has 0 spiro atoms. The number of nitriles is 1. The molecule has 1 aromatic rings. The minimum absolute atomic E-state index is 0.0347. The summed E-state index contributed by atoms with van der Waals surface area (Å²) >= 11 is 0. The number of nitrogens with one attached hydrogen (secondary N) is 1. The van der Waals surface area contributed by atoms with E-state index < -0.39 is 0 Å². The molecule has 6 nitrogen and oxygen atoms in total. The number of carbonyl (C=O) groups excluding carboxylic acids is 2. The Morgan fingerprint density at radius 2 is 2.05 bits per heavy atom. The normalized spacial score (nSPS) is 13.5. The molecule has 0 saturated carbocycles. The second-order valence-corrected chi connectivity index (χ2v) is 4.61. The van der Waals surface area contributed by atoms with E-state index in [2.05, 4.69) is 10.4 Å². The number of hydrogen-bond acceptors (Lipinski definition) is 4. The number of hydrogen-bond donors (Lipinski definition) is 1. The lowest BCUT2D eigenvalue weighted by Gasteiger charge is -2.10. The fourth-order valence-electron chi connectivity index (χ4n) is 2.05. The van der Waals surface area contributed by atoms with Gasteiger partial charge >= 0.3 is 0 Å². The third-order valence-corrected chi connectivity index (χ3v) is 3.13. The summed E-state index contributed by atoms with van der Waals surface area (Å²) in [5, 5.41) is 16.5. The van der Waals surface area contributed by atoms with Crippen LogP contribution in [0.3, 0.4) is 0 Å². The first-order valence-corrected chi connectivity index (χ1v) is 6.77. The Hall–Kier alpha value is -2.68. The van der Waals surface area contributed by atoms with Crippen molar-refractivity contribution in [2.45, 2.75) is 19.3 Å². The van der Waals surface area contributed by atoms with Crippen molar-refractivity contribution in [2.24, 2.45) is 5.10 Å². The van der Waals surface area contributed by atoms with Gasteiger partial charge in [0.15, 0.2) is 0 Å². The molecule has 0 bridgehead atoms. The zero-order chi connectivity index (χ0) is 15.1. The maximum absolute atomic E-state index is 12.0. The first kappa shape index (κ1) is 14.7. The van der Waals surface area contributed by atoms with Crippen molar-refractivity contribution in [3.8, 4) is 6.07 Å². The van der Waals surface area contributed by atoms with Gasteiger partial charge in [-0.05, 0) is 5.56 Å². The molecule has 0 atom stereocenters. The first-order chi connectivity index (χ1) is 10.2. The van der Waals surface area contributed by atoms with Crippen LogP contribution in [0.1, 0.15) is 24.8 Å². The van der Waals surface area contributed by atoms with Gasteiger partial charge in [0.05, 0.1) is 18.3 Å². The highest BCUT2D eigenvalue weighted by molar-refractivity contribution is 6.02. The number of benzene rings is 1. The quantitative estimate of drug-likeness (QED) is 0.820. The summed E-state index contributed by atoms with van der Waals surface area (Å²) < 4.78 is 0. The van der Waals surface area contributed by atoms with Crippen molar-refractivity contribution in [3.63, 3.8) is 0 Å². The fraction of sp³-hybridized carbons (Fsp3) is 0.333. The van der Waals surface area contributed by atoms with Gasteiger partial charge in [-0.1, -0.05) is 30.3 Å². The lowest BCUT2D eigenvalue weighted by molar-refractivity contribution is -0.133. The van der Waals surface area contributed by atoms with Crippen LogP contribution in [0.4, 0.5) is 0 Å². The Kier molecular flexibility index (Phi) is 5.04. The highest BCUT2D eigenvalue weighted by Crippen LogP contribution is 2.14. The topological polar surface area (TPSA) is 85.6 Å². The Labute approximate surface area is 123 Å². The largest absolute Gasteiger partial charge is 0.343 e. The predicted octanol–water partition coefficient (Wildman–Crippen LogP) is 1.04. The smallest absolute Gasteiger partial charge is 0.243 e. The molecule has 0 radical (unpaired) electrons. The maximum Gasteiger partial charge on any atom is 0.243 e. The van der Waals surface area contributed by atoms with Gasteiger partial charge in [-0.3, -0.25) is 9.59 Å². The average Bonchev–Trinajstić information content (AvgIpc) is 3.01. The molecule has 1 heterocycles. The third kappa shape index (κ3) is 4.14. The average molecular weight is 284 g/mol. The van der Waals surface area contributed by atoms with E-state index in [9.17, 15) is 9.59 Å². The van der Waals surface area contributed by atoms with E-state index in [4.69, 9.17) is 5.26 Å². The van der Waals surface area contributed by atoms with Crippen molar-refractivity contribution in [1.82, 2.24) is 10.3 Å². The Balaban J connectivity index is 1.86. The summed E-state index contributed by atoms with van der Waals surface area (Å²) in [6.45, 7) is 0.510. The standard InChI is InChI=1S/C15H16N4O2/c16-9-10-17-14(20)6-7-15(21)19-11-8-13(18-19)12-4-2-1-3-5-12/h1-5H,6-8,10-11H2,(H,17,20). The van der Waals surface area contributed by atoms with Crippen molar-refractivity contribution in [2.75, 3.05) is 13.1 Å². The number of hydrazone groups is 1. The van der Waals surface area contributed by atoms with E-state index in [-0.39, 0.29) is 31.2 Å². The van der Waals surface area contributed by atoms with Crippen LogP contribution in [-0.4, -0.2) is 35.6 Å². The molecule has 1 aliphatic heterocycles. The molecule has 1 aliphatic rings. The molecule has 2 rings (SSSR count). The van der Waals surface area contributed by atoms with Crippen molar-refractivity contribution < 1.29 is 9.59 Å². The molecule has 0 unspecified atom stereocenters. The zero-order valence-electron chi connectivity index (χ0n) is 11.6. The SMILES string of the molecule is N#CCNC(=O)CCC(=O)N1CCC(c2ccccc2)=N1. The van der Waals surface area contributed by atoms with Gasteiger partial charge in [0.25, 0.3) is 0 Å². The minimum atomic E-state index is -0.295. The molecule has 1 aromatic carbocycles. The van der Waals surface area contributed by atoms with Gasteiger partial charge in [0.1, 0.15) is 6.54 Å². The Morgan fingerprint density at radius 1 is 1.29 bits per heavy atom. The lowest BCUT2D eigenvalue weighted by Crippen LogP contribution is -2.28. The van der Waals surface area contributed by atoms with Gasteiger partial charge in [-0.25, -0.2) is 5.01 Å². The first-order valence-electron chi connectivity index (χ1n) is 6.77. The third-order valence-electron chi connectivity index (χ3n) is 3.13. The summed E-state index contributed by atoms with van der Waals surface area (Å²) in [5.74, 6) is -0.468. The molecule has 21 heavy (non-hydrogen) atoms. The minimum Gasteiger partial charge on any atom is -0.343 e. The Bertz CT molecular complexity index is 589. The number of carbonyl (C=O) groups is 2. The van der Waals surface area contributed by atoms with Gasteiger partial charge in [0.2, 0.25) is 11.8 Å². The highest BCUT2D eigenvalue weighted by Gasteiger charge is 2.21.